The second kappa shape index (κ2) is 9.68. The molecule has 5 rings (SSSR count). The molecule has 0 radical (unpaired) electrons. The average molecular weight is 541 g/mol. The normalized spacial score (nSPS) is 30.0. The molecular weight excluding hydrogens is 508 g/mol. The smallest absolute Gasteiger partial charge is 0.252 e. The van der Waals surface area contributed by atoms with Crippen LogP contribution >= 0.6 is 0 Å². The number of nitrogens with one attached hydrogen (secondary N) is 1. The first-order valence-corrected chi connectivity index (χ1v) is 12.9. The van der Waals surface area contributed by atoms with E-state index in [1.807, 2.05) is 0 Å². The van der Waals surface area contributed by atoms with Gasteiger partial charge in [-0.1, -0.05) is 24.3 Å². The lowest BCUT2D eigenvalue weighted by Gasteiger charge is -2.42. The maximum atomic E-state index is 13.4. The lowest BCUT2D eigenvalue weighted by Crippen LogP contribution is -2.54. The first kappa shape index (κ1) is 27.2. The zero-order valence-corrected chi connectivity index (χ0v) is 21.8. The van der Waals surface area contributed by atoms with Gasteiger partial charge in [0, 0.05) is 53.6 Å². The van der Waals surface area contributed by atoms with Gasteiger partial charge in [0.15, 0.2) is 17.9 Å². The van der Waals surface area contributed by atoms with E-state index in [-0.39, 0.29) is 46.7 Å². The number of phenolic OH excluding ortho intramolecular Hbond substituents is 2. The fraction of sp³-hybridized carbons (Fsp3) is 0.464. The highest BCUT2D eigenvalue weighted by molar-refractivity contribution is 6.30. The van der Waals surface area contributed by atoms with Crippen LogP contribution in [0.2, 0.25) is 0 Å². The van der Waals surface area contributed by atoms with Crippen LogP contribution in [-0.2, 0) is 20.7 Å². The quantitative estimate of drug-likeness (QED) is 0.260. The van der Waals surface area contributed by atoms with Crippen LogP contribution in [0.1, 0.15) is 82.7 Å². The van der Waals surface area contributed by atoms with Crippen LogP contribution < -0.4 is 11.1 Å². The van der Waals surface area contributed by atoms with E-state index in [0.717, 1.165) is 0 Å². The second-order valence-corrected chi connectivity index (χ2v) is 10.9. The number of rotatable bonds is 4. The monoisotopic (exact) mass is 540 g/mol. The molecule has 1 heterocycles. The summed E-state index contributed by atoms with van der Waals surface area (Å²) >= 11 is 0. The van der Waals surface area contributed by atoms with Crippen LogP contribution in [-0.4, -0.2) is 74.1 Å². The standard InChI is InChI=1S/C28H32N2O9/c1-11(2)30-27(36)28(37)9-15-19(17(10-28)39-18-8-16(29)22(31)12(3)38-18)26(35)21-20(25(15)34)23(32)13-6-4-5-7-14(13)24(21)33/h4-7,11-12,16-18,22,31,34-35,37H,8-10,29H2,1-3H3,(H,30,36)/t12-,16-,17-,18-,22+,28-/m0/s1. The van der Waals surface area contributed by atoms with E-state index in [2.05, 4.69) is 5.32 Å². The van der Waals surface area contributed by atoms with Gasteiger partial charge in [0.2, 0.25) is 0 Å². The number of amides is 1. The van der Waals surface area contributed by atoms with Gasteiger partial charge in [0.1, 0.15) is 17.1 Å². The van der Waals surface area contributed by atoms with Gasteiger partial charge in [0.05, 0.1) is 29.4 Å². The molecule has 0 bridgehead atoms. The minimum Gasteiger partial charge on any atom is -0.507 e. The number of hydrogen-bond acceptors (Lipinski definition) is 10. The van der Waals surface area contributed by atoms with E-state index in [1.54, 1.807) is 32.9 Å². The van der Waals surface area contributed by atoms with Crippen molar-refractivity contribution in [2.75, 3.05) is 0 Å². The Kier molecular flexibility index (Phi) is 6.76. The molecule has 1 amide bonds. The van der Waals surface area contributed by atoms with Gasteiger partial charge < -0.3 is 41.0 Å². The third-order valence-corrected chi connectivity index (χ3v) is 7.68. The minimum atomic E-state index is -2.10. The molecule has 3 aliphatic rings. The first-order valence-electron chi connectivity index (χ1n) is 12.9. The van der Waals surface area contributed by atoms with Crippen molar-refractivity contribution >= 4 is 17.5 Å². The van der Waals surface area contributed by atoms with Gasteiger partial charge >= 0.3 is 0 Å². The summed E-state index contributed by atoms with van der Waals surface area (Å²) in [5.41, 5.74) is 3.22. The molecule has 6 atom stereocenters. The molecule has 11 heteroatoms. The summed E-state index contributed by atoms with van der Waals surface area (Å²) in [6, 6.07) is 5.07. The number of aliphatic hydroxyl groups is 2. The Balaban J connectivity index is 1.66. The SMILES string of the molecule is CC(C)NC(=O)[C@]1(O)Cc2c(O)c3c(c(O)c2[C@@H](O[C@H]2C[C@H](N)[C@H](O)[C@H](C)O2)C1)C(=O)c1ccccc1C3=O. The Hall–Kier alpha value is -3.35. The summed E-state index contributed by atoms with van der Waals surface area (Å²) in [4.78, 5) is 40.0. The summed E-state index contributed by atoms with van der Waals surface area (Å²) in [6.45, 7) is 5.05. The summed E-state index contributed by atoms with van der Waals surface area (Å²) in [6.07, 6.45) is -4.60. The molecule has 2 aliphatic carbocycles. The summed E-state index contributed by atoms with van der Waals surface area (Å²) in [5.74, 6) is -3.24. The van der Waals surface area contributed by atoms with Crippen LogP contribution in [0, 0.1) is 0 Å². The molecule has 11 nitrogen and oxygen atoms in total. The van der Waals surface area contributed by atoms with Crippen molar-refractivity contribution in [3.05, 3.63) is 57.6 Å². The summed E-state index contributed by atoms with van der Waals surface area (Å²) in [5, 5.41) is 47.2. The number of hydrogen-bond donors (Lipinski definition) is 6. The van der Waals surface area contributed by atoms with E-state index in [9.17, 15) is 34.8 Å². The number of nitrogens with two attached hydrogens (primary N) is 1. The number of phenols is 2. The minimum absolute atomic E-state index is 0.0234. The van der Waals surface area contributed by atoms with Crippen molar-refractivity contribution in [1.29, 1.82) is 0 Å². The second-order valence-electron chi connectivity index (χ2n) is 10.9. The zero-order valence-electron chi connectivity index (χ0n) is 21.8. The first-order chi connectivity index (χ1) is 18.3. The molecule has 0 unspecified atom stereocenters. The third-order valence-electron chi connectivity index (χ3n) is 7.68. The van der Waals surface area contributed by atoms with E-state index in [4.69, 9.17) is 15.2 Å². The fourth-order valence-electron chi connectivity index (χ4n) is 5.72. The van der Waals surface area contributed by atoms with E-state index in [1.165, 1.54) is 12.1 Å². The number of aliphatic hydroxyl groups excluding tert-OH is 1. The van der Waals surface area contributed by atoms with Crippen molar-refractivity contribution in [3.63, 3.8) is 0 Å². The highest BCUT2D eigenvalue weighted by atomic mass is 16.7. The predicted octanol–water partition coefficient (Wildman–Crippen LogP) is 0.956. The van der Waals surface area contributed by atoms with Crippen molar-refractivity contribution in [2.24, 2.45) is 5.73 Å². The van der Waals surface area contributed by atoms with E-state index in [0.29, 0.717) is 0 Å². The highest BCUT2D eigenvalue weighted by Crippen LogP contribution is 2.51. The molecule has 39 heavy (non-hydrogen) atoms. The molecule has 7 N–H and O–H groups in total. The Bertz CT molecular complexity index is 1360. The van der Waals surface area contributed by atoms with Crippen LogP contribution in [0.5, 0.6) is 11.5 Å². The Labute approximate surface area is 224 Å². The number of ether oxygens (including phenoxy) is 2. The number of carbonyl (C=O) groups is 3. The molecule has 0 spiro atoms. The number of benzene rings is 2. The van der Waals surface area contributed by atoms with Crippen molar-refractivity contribution < 1.29 is 44.3 Å². The Morgan fingerprint density at radius 2 is 1.72 bits per heavy atom. The van der Waals surface area contributed by atoms with Crippen LogP contribution in [0.15, 0.2) is 24.3 Å². The van der Waals surface area contributed by atoms with Gasteiger partial charge in [-0.25, -0.2) is 0 Å². The third kappa shape index (κ3) is 4.40. The predicted molar refractivity (Wildman–Crippen MR) is 136 cm³/mol. The van der Waals surface area contributed by atoms with Crippen molar-refractivity contribution in [1.82, 2.24) is 5.32 Å². The molecule has 2 aromatic rings. The molecule has 208 valence electrons. The lowest BCUT2D eigenvalue weighted by atomic mass is 9.72. The topological polar surface area (TPSA) is 189 Å². The van der Waals surface area contributed by atoms with Crippen LogP contribution in [0.4, 0.5) is 0 Å². The Morgan fingerprint density at radius 3 is 2.28 bits per heavy atom. The largest absolute Gasteiger partial charge is 0.507 e. The molecule has 0 aromatic heterocycles. The number of carbonyl (C=O) groups excluding carboxylic acids is 3. The average Bonchev–Trinajstić information content (AvgIpc) is 2.87. The van der Waals surface area contributed by atoms with Gasteiger partial charge in [0.25, 0.3) is 5.91 Å². The zero-order chi connectivity index (χ0) is 28.4. The maximum absolute atomic E-state index is 13.4. The van der Waals surface area contributed by atoms with E-state index < -0.39 is 77.2 Å². The molecule has 2 aromatic carbocycles. The van der Waals surface area contributed by atoms with Crippen LogP contribution in [0.25, 0.3) is 0 Å². The summed E-state index contributed by atoms with van der Waals surface area (Å²) < 4.78 is 11.9. The lowest BCUT2D eigenvalue weighted by molar-refractivity contribution is -0.247. The molecule has 1 fully saturated rings. The number of fused-ring (bicyclic) bond motifs is 3. The molecule has 1 saturated heterocycles. The van der Waals surface area contributed by atoms with Crippen molar-refractivity contribution in [3.8, 4) is 11.5 Å². The van der Waals surface area contributed by atoms with Crippen LogP contribution in [0.3, 0.4) is 0 Å². The van der Waals surface area contributed by atoms with E-state index >= 15 is 0 Å². The Morgan fingerprint density at radius 1 is 1.13 bits per heavy atom. The summed E-state index contributed by atoms with van der Waals surface area (Å²) in [7, 11) is 0. The number of ketones is 2. The highest BCUT2D eigenvalue weighted by Gasteiger charge is 2.50. The van der Waals surface area contributed by atoms with Gasteiger partial charge in [-0.2, -0.15) is 0 Å². The van der Waals surface area contributed by atoms with Gasteiger partial charge in [-0.15, -0.1) is 0 Å². The molecule has 1 aliphatic heterocycles. The van der Waals surface area contributed by atoms with Gasteiger partial charge in [-0.05, 0) is 20.8 Å². The fourth-order valence-corrected chi connectivity index (χ4v) is 5.72. The maximum Gasteiger partial charge on any atom is 0.252 e. The number of aromatic hydroxyl groups is 2. The molecular formula is C28H32N2O9. The van der Waals surface area contributed by atoms with Gasteiger partial charge in [-0.3, -0.25) is 14.4 Å². The van der Waals surface area contributed by atoms with Crippen molar-refractivity contribution in [2.45, 2.75) is 82.3 Å². The molecule has 0 saturated carbocycles.